The van der Waals surface area contributed by atoms with Gasteiger partial charge < -0.3 is 4.74 Å². The molecular weight excluding hydrogens is 194 g/mol. The largest absolute Gasteiger partial charge is 0.490 e. The highest BCUT2D eigenvalue weighted by Crippen LogP contribution is 2.21. The number of hydrogen-bond acceptors (Lipinski definition) is 3. The molecule has 0 saturated heterocycles. The Labute approximate surface area is 89.0 Å². The Morgan fingerprint density at radius 2 is 2.00 bits per heavy atom. The molecule has 0 amide bonds. The molecule has 1 aromatic rings. The van der Waals surface area contributed by atoms with Crippen molar-refractivity contribution >= 4 is 5.69 Å². The van der Waals surface area contributed by atoms with Crippen molar-refractivity contribution in [3.05, 3.63) is 34.4 Å². The number of rotatable bonds is 4. The van der Waals surface area contributed by atoms with Crippen molar-refractivity contribution in [2.45, 2.75) is 26.9 Å². The van der Waals surface area contributed by atoms with Crippen molar-refractivity contribution in [3.63, 3.8) is 0 Å². The molecule has 1 aromatic carbocycles. The Kier molecular flexibility index (Phi) is 3.66. The summed E-state index contributed by atoms with van der Waals surface area (Å²) in [7, 11) is 0. The molecule has 1 rings (SSSR count). The van der Waals surface area contributed by atoms with Gasteiger partial charge in [-0.15, -0.1) is 0 Å². The van der Waals surface area contributed by atoms with Crippen molar-refractivity contribution in [3.8, 4) is 5.75 Å². The van der Waals surface area contributed by atoms with Crippen LogP contribution in [0.3, 0.4) is 0 Å². The second kappa shape index (κ2) is 4.77. The maximum Gasteiger partial charge on any atom is 0.273 e. The molecule has 1 atom stereocenters. The summed E-state index contributed by atoms with van der Waals surface area (Å²) in [5.41, 5.74) is 0.0588. The lowest BCUT2D eigenvalue weighted by molar-refractivity contribution is -0.384. The van der Waals surface area contributed by atoms with E-state index in [0.717, 1.165) is 0 Å². The minimum Gasteiger partial charge on any atom is -0.490 e. The van der Waals surface area contributed by atoms with Crippen LogP contribution in [-0.2, 0) is 0 Å². The first-order chi connectivity index (χ1) is 7.00. The van der Waals surface area contributed by atoms with Gasteiger partial charge in [-0.1, -0.05) is 19.9 Å². The standard InChI is InChI=1S/C11H15NO3/c1-8(2)9(3)15-11-6-4-5-10(7-11)12(13)14/h4-9H,1-3H3. The molecule has 0 spiro atoms. The van der Waals surface area contributed by atoms with Gasteiger partial charge in [-0.3, -0.25) is 10.1 Å². The Morgan fingerprint density at radius 3 is 2.53 bits per heavy atom. The molecule has 0 aromatic heterocycles. The zero-order valence-corrected chi connectivity index (χ0v) is 9.14. The predicted octanol–water partition coefficient (Wildman–Crippen LogP) is 3.02. The van der Waals surface area contributed by atoms with Crippen molar-refractivity contribution in [2.24, 2.45) is 5.92 Å². The lowest BCUT2D eigenvalue weighted by Crippen LogP contribution is -2.18. The quantitative estimate of drug-likeness (QED) is 0.565. The lowest BCUT2D eigenvalue weighted by Gasteiger charge is -2.17. The average Bonchev–Trinajstić information content (AvgIpc) is 2.18. The maximum atomic E-state index is 10.5. The number of nitro benzene ring substituents is 1. The zero-order chi connectivity index (χ0) is 11.4. The number of nitro groups is 1. The summed E-state index contributed by atoms with van der Waals surface area (Å²) in [4.78, 5) is 10.1. The molecule has 0 radical (unpaired) electrons. The lowest BCUT2D eigenvalue weighted by atomic mass is 10.1. The normalized spacial score (nSPS) is 12.5. The van der Waals surface area contributed by atoms with E-state index in [0.29, 0.717) is 11.7 Å². The third kappa shape index (κ3) is 3.23. The molecule has 0 aliphatic rings. The minimum atomic E-state index is -0.424. The third-order valence-electron chi connectivity index (χ3n) is 2.29. The number of non-ortho nitro benzene ring substituents is 1. The summed E-state index contributed by atoms with van der Waals surface area (Å²) in [5.74, 6) is 0.926. The molecule has 1 unspecified atom stereocenters. The van der Waals surface area contributed by atoms with Crippen LogP contribution in [0.1, 0.15) is 20.8 Å². The fourth-order valence-electron chi connectivity index (χ4n) is 1.02. The van der Waals surface area contributed by atoms with Crippen LogP contribution >= 0.6 is 0 Å². The second-order valence-corrected chi connectivity index (χ2v) is 3.82. The molecule has 0 saturated carbocycles. The van der Waals surface area contributed by atoms with E-state index in [9.17, 15) is 10.1 Å². The number of hydrogen-bond donors (Lipinski definition) is 0. The Balaban J connectivity index is 2.78. The van der Waals surface area contributed by atoms with E-state index >= 15 is 0 Å². The van der Waals surface area contributed by atoms with Gasteiger partial charge >= 0.3 is 0 Å². The average molecular weight is 209 g/mol. The van der Waals surface area contributed by atoms with Gasteiger partial charge in [-0.2, -0.15) is 0 Å². The molecule has 15 heavy (non-hydrogen) atoms. The Bertz CT molecular complexity index is 349. The van der Waals surface area contributed by atoms with E-state index in [1.54, 1.807) is 12.1 Å². The second-order valence-electron chi connectivity index (χ2n) is 3.82. The summed E-state index contributed by atoms with van der Waals surface area (Å²) in [6.45, 7) is 6.04. The van der Waals surface area contributed by atoms with Crippen LogP contribution < -0.4 is 4.74 Å². The van der Waals surface area contributed by atoms with Crippen LogP contribution in [0.4, 0.5) is 5.69 Å². The van der Waals surface area contributed by atoms with Crippen LogP contribution in [0.25, 0.3) is 0 Å². The number of benzene rings is 1. The highest BCUT2D eigenvalue weighted by Gasteiger charge is 2.11. The highest BCUT2D eigenvalue weighted by atomic mass is 16.6. The topological polar surface area (TPSA) is 52.4 Å². The first-order valence-corrected chi connectivity index (χ1v) is 4.92. The van der Waals surface area contributed by atoms with Gasteiger partial charge in [0.25, 0.3) is 5.69 Å². The van der Waals surface area contributed by atoms with Crippen LogP contribution in [0.5, 0.6) is 5.75 Å². The van der Waals surface area contributed by atoms with Gasteiger partial charge in [-0.25, -0.2) is 0 Å². The van der Waals surface area contributed by atoms with E-state index < -0.39 is 4.92 Å². The van der Waals surface area contributed by atoms with Crippen LogP contribution in [0.15, 0.2) is 24.3 Å². The van der Waals surface area contributed by atoms with E-state index in [4.69, 9.17) is 4.74 Å². The van der Waals surface area contributed by atoms with Crippen LogP contribution in [0.2, 0.25) is 0 Å². The molecule has 0 bridgehead atoms. The minimum absolute atomic E-state index is 0.0482. The van der Waals surface area contributed by atoms with Gasteiger partial charge in [0.15, 0.2) is 0 Å². The first-order valence-electron chi connectivity index (χ1n) is 4.92. The van der Waals surface area contributed by atoms with E-state index in [2.05, 4.69) is 0 Å². The summed E-state index contributed by atoms with van der Waals surface area (Å²) < 4.78 is 5.56. The SMILES string of the molecule is CC(C)C(C)Oc1cccc([N+](=O)[O-])c1. The van der Waals surface area contributed by atoms with Gasteiger partial charge in [0.2, 0.25) is 0 Å². The van der Waals surface area contributed by atoms with Crippen molar-refractivity contribution in [2.75, 3.05) is 0 Å². The first kappa shape index (κ1) is 11.5. The fourth-order valence-corrected chi connectivity index (χ4v) is 1.02. The summed E-state index contributed by atoms with van der Waals surface area (Å²) in [5, 5.41) is 10.5. The molecule has 82 valence electrons. The molecule has 4 nitrogen and oxygen atoms in total. The van der Waals surface area contributed by atoms with E-state index in [1.165, 1.54) is 12.1 Å². The van der Waals surface area contributed by atoms with E-state index in [1.807, 2.05) is 20.8 Å². The zero-order valence-electron chi connectivity index (χ0n) is 9.14. The molecule has 4 heteroatoms. The predicted molar refractivity (Wildman–Crippen MR) is 58.0 cm³/mol. The van der Waals surface area contributed by atoms with Gasteiger partial charge in [-0.05, 0) is 18.9 Å². The molecule has 0 heterocycles. The highest BCUT2D eigenvalue weighted by molar-refractivity contribution is 5.38. The molecule has 0 fully saturated rings. The van der Waals surface area contributed by atoms with Crippen molar-refractivity contribution in [1.29, 1.82) is 0 Å². The third-order valence-corrected chi connectivity index (χ3v) is 2.29. The molecule has 0 aliphatic carbocycles. The summed E-state index contributed by atoms with van der Waals surface area (Å²) in [6, 6.07) is 6.25. The van der Waals surface area contributed by atoms with Gasteiger partial charge in [0.05, 0.1) is 17.1 Å². The maximum absolute atomic E-state index is 10.5. The molecule has 0 aliphatic heterocycles. The van der Waals surface area contributed by atoms with Crippen LogP contribution in [-0.4, -0.2) is 11.0 Å². The van der Waals surface area contributed by atoms with E-state index in [-0.39, 0.29) is 11.8 Å². The van der Waals surface area contributed by atoms with Crippen molar-refractivity contribution in [1.82, 2.24) is 0 Å². The smallest absolute Gasteiger partial charge is 0.273 e. The molecular formula is C11H15NO3. The number of nitrogens with zero attached hydrogens (tertiary/aromatic N) is 1. The fraction of sp³-hybridized carbons (Fsp3) is 0.455. The monoisotopic (exact) mass is 209 g/mol. The van der Waals surface area contributed by atoms with Gasteiger partial charge in [0.1, 0.15) is 5.75 Å². The van der Waals surface area contributed by atoms with Gasteiger partial charge in [0, 0.05) is 6.07 Å². The number of ether oxygens (including phenoxy) is 1. The molecule has 0 N–H and O–H groups in total. The van der Waals surface area contributed by atoms with Crippen LogP contribution in [0, 0.1) is 16.0 Å². The summed E-state index contributed by atoms with van der Waals surface area (Å²) in [6.07, 6.45) is 0.0482. The Morgan fingerprint density at radius 1 is 1.33 bits per heavy atom. The van der Waals surface area contributed by atoms with Crippen molar-refractivity contribution < 1.29 is 9.66 Å². The Hall–Kier alpha value is -1.58. The summed E-state index contributed by atoms with van der Waals surface area (Å²) >= 11 is 0.